The second-order valence-corrected chi connectivity index (χ2v) is 5.90. The molecule has 1 saturated heterocycles. The zero-order chi connectivity index (χ0) is 13.9. The van der Waals surface area contributed by atoms with Gasteiger partial charge in [0.15, 0.2) is 0 Å². The summed E-state index contributed by atoms with van der Waals surface area (Å²) in [6.45, 7) is 9.35. The van der Waals surface area contributed by atoms with E-state index in [0.717, 1.165) is 25.9 Å². The standard InChI is InChI=1S/C17H23NO/c1-4-17(2,3)16(19)18-12-10-15(11-13-18)14-8-6-5-7-9-14/h4-9,15H,1,10-13H2,2-3H3. The molecule has 0 unspecified atom stereocenters. The average molecular weight is 257 g/mol. The van der Waals surface area contributed by atoms with Gasteiger partial charge in [-0.1, -0.05) is 36.4 Å². The molecule has 0 bridgehead atoms. The van der Waals surface area contributed by atoms with Crippen LogP contribution in [0.25, 0.3) is 0 Å². The summed E-state index contributed by atoms with van der Waals surface area (Å²) < 4.78 is 0. The minimum Gasteiger partial charge on any atom is -0.342 e. The molecule has 102 valence electrons. The summed E-state index contributed by atoms with van der Waals surface area (Å²) in [6, 6.07) is 10.6. The van der Waals surface area contributed by atoms with Crippen molar-refractivity contribution in [1.82, 2.24) is 4.90 Å². The van der Waals surface area contributed by atoms with E-state index in [0.29, 0.717) is 5.92 Å². The molecule has 0 saturated carbocycles. The van der Waals surface area contributed by atoms with Crippen molar-refractivity contribution in [3.05, 3.63) is 48.6 Å². The number of carbonyl (C=O) groups excluding carboxylic acids is 1. The van der Waals surface area contributed by atoms with Crippen molar-refractivity contribution in [2.75, 3.05) is 13.1 Å². The van der Waals surface area contributed by atoms with Gasteiger partial charge in [0.2, 0.25) is 5.91 Å². The van der Waals surface area contributed by atoms with E-state index >= 15 is 0 Å². The first kappa shape index (κ1) is 13.9. The third kappa shape index (κ3) is 3.06. The smallest absolute Gasteiger partial charge is 0.232 e. The number of amides is 1. The van der Waals surface area contributed by atoms with Gasteiger partial charge in [0.05, 0.1) is 5.41 Å². The third-order valence-electron chi connectivity index (χ3n) is 4.11. The lowest BCUT2D eigenvalue weighted by Crippen LogP contribution is -2.44. The van der Waals surface area contributed by atoms with Crippen molar-refractivity contribution in [2.45, 2.75) is 32.6 Å². The zero-order valence-electron chi connectivity index (χ0n) is 11.9. The maximum atomic E-state index is 12.3. The van der Waals surface area contributed by atoms with Crippen LogP contribution in [-0.4, -0.2) is 23.9 Å². The Morgan fingerprint density at radius 1 is 1.26 bits per heavy atom. The number of carbonyl (C=O) groups is 1. The van der Waals surface area contributed by atoms with Gasteiger partial charge in [-0.15, -0.1) is 6.58 Å². The van der Waals surface area contributed by atoms with Crippen LogP contribution in [0.3, 0.4) is 0 Å². The molecule has 19 heavy (non-hydrogen) atoms. The van der Waals surface area contributed by atoms with E-state index in [4.69, 9.17) is 0 Å². The molecule has 1 aromatic rings. The lowest BCUT2D eigenvalue weighted by atomic mass is 9.87. The second-order valence-electron chi connectivity index (χ2n) is 5.90. The van der Waals surface area contributed by atoms with E-state index < -0.39 is 5.41 Å². The molecule has 0 aromatic heterocycles. The van der Waals surface area contributed by atoms with E-state index in [1.165, 1.54) is 5.56 Å². The molecule has 1 heterocycles. The van der Waals surface area contributed by atoms with Crippen LogP contribution in [-0.2, 0) is 4.79 Å². The monoisotopic (exact) mass is 257 g/mol. The zero-order valence-corrected chi connectivity index (χ0v) is 11.9. The average Bonchev–Trinajstić information content (AvgIpc) is 2.47. The maximum absolute atomic E-state index is 12.3. The van der Waals surface area contributed by atoms with Gasteiger partial charge < -0.3 is 4.90 Å². The quantitative estimate of drug-likeness (QED) is 0.758. The number of rotatable bonds is 3. The van der Waals surface area contributed by atoms with Gasteiger partial charge >= 0.3 is 0 Å². The number of hydrogen-bond donors (Lipinski definition) is 0. The summed E-state index contributed by atoms with van der Waals surface area (Å²) in [7, 11) is 0. The molecule has 0 N–H and O–H groups in total. The lowest BCUT2D eigenvalue weighted by Gasteiger charge is -2.36. The molecule has 2 heteroatoms. The van der Waals surface area contributed by atoms with E-state index in [9.17, 15) is 4.79 Å². The van der Waals surface area contributed by atoms with Crippen LogP contribution >= 0.6 is 0 Å². The summed E-state index contributed by atoms with van der Waals surface area (Å²) in [5.74, 6) is 0.797. The third-order valence-corrected chi connectivity index (χ3v) is 4.11. The van der Waals surface area contributed by atoms with Gasteiger partial charge in [0.1, 0.15) is 0 Å². The number of piperidine rings is 1. The second kappa shape index (κ2) is 5.60. The largest absolute Gasteiger partial charge is 0.342 e. The van der Waals surface area contributed by atoms with Crippen molar-refractivity contribution in [3.8, 4) is 0 Å². The van der Waals surface area contributed by atoms with Crippen LogP contribution in [0.15, 0.2) is 43.0 Å². The predicted octanol–water partition coefficient (Wildman–Crippen LogP) is 3.60. The van der Waals surface area contributed by atoms with Crippen LogP contribution < -0.4 is 0 Å². The maximum Gasteiger partial charge on any atom is 0.232 e. The summed E-state index contributed by atoms with van der Waals surface area (Å²) >= 11 is 0. The lowest BCUT2D eigenvalue weighted by molar-refractivity contribution is -0.139. The molecular formula is C17H23NO. The van der Waals surface area contributed by atoms with Crippen molar-refractivity contribution >= 4 is 5.91 Å². The predicted molar refractivity (Wildman–Crippen MR) is 79.0 cm³/mol. The highest BCUT2D eigenvalue weighted by Gasteiger charge is 2.31. The molecule has 0 aliphatic carbocycles. The van der Waals surface area contributed by atoms with Gasteiger partial charge in [0, 0.05) is 13.1 Å². The molecule has 1 amide bonds. The highest BCUT2D eigenvalue weighted by atomic mass is 16.2. The Hall–Kier alpha value is -1.57. The highest BCUT2D eigenvalue weighted by Crippen LogP contribution is 2.30. The topological polar surface area (TPSA) is 20.3 Å². The van der Waals surface area contributed by atoms with Crippen LogP contribution in [0, 0.1) is 5.41 Å². The van der Waals surface area contributed by atoms with E-state index in [-0.39, 0.29) is 5.91 Å². The summed E-state index contributed by atoms with van der Waals surface area (Å²) in [6.07, 6.45) is 3.87. The number of hydrogen-bond acceptors (Lipinski definition) is 1. The van der Waals surface area contributed by atoms with Crippen molar-refractivity contribution < 1.29 is 4.79 Å². The number of benzene rings is 1. The Morgan fingerprint density at radius 2 is 1.84 bits per heavy atom. The SMILES string of the molecule is C=CC(C)(C)C(=O)N1CCC(c2ccccc2)CC1. The first-order valence-electron chi connectivity index (χ1n) is 7.02. The first-order valence-corrected chi connectivity index (χ1v) is 7.02. The van der Waals surface area contributed by atoms with Crippen LogP contribution in [0.4, 0.5) is 0 Å². The molecule has 2 rings (SSSR count). The van der Waals surface area contributed by atoms with Crippen molar-refractivity contribution in [2.24, 2.45) is 5.41 Å². The van der Waals surface area contributed by atoms with Crippen LogP contribution in [0.5, 0.6) is 0 Å². The normalized spacial score (nSPS) is 17.3. The molecule has 1 aliphatic rings. The van der Waals surface area contributed by atoms with E-state index in [2.05, 4.69) is 36.9 Å². The van der Waals surface area contributed by atoms with Crippen molar-refractivity contribution in [3.63, 3.8) is 0 Å². The minimum absolute atomic E-state index is 0.203. The fourth-order valence-electron chi connectivity index (χ4n) is 2.64. The fraction of sp³-hybridized carbons (Fsp3) is 0.471. The van der Waals surface area contributed by atoms with Gasteiger partial charge in [0.25, 0.3) is 0 Å². The summed E-state index contributed by atoms with van der Waals surface area (Å²) in [4.78, 5) is 14.3. The molecule has 0 atom stereocenters. The van der Waals surface area contributed by atoms with Crippen LogP contribution in [0.1, 0.15) is 38.2 Å². The molecule has 1 aliphatic heterocycles. The summed E-state index contributed by atoms with van der Waals surface area (Å²) in [5, 5.41) is 0. The highest BCUT2D eigenvalue weighted by molar-refractivity contribution is 5.83. The molecule has 0 spiro atoms. The molecular weight excluding hydrogens is 234 g/mol. The van der Waals surface area contributed by atoms with Gasteiger partial charge in [-0.25, -0.2) is 0 Å². The van der Waals surface area contributed by atoms with E-state index in [1.807, 2.05) is 18.7 Å². The summed E-state index contributed by atoms with van der Waals surface area (Å²) in [5.41, 5.74) is 0.956. The molecule has 1 aromatic carbocycles. The van der Waals surface area contributed by atoms with Gasteiger partial charge in [-0.05, 0) is 38.2 Å². The fourth-order valence-corrected chi connectivity index (χ4v) is 2.64. The van der Waals surface area contributed by atoms with E-state index in [1.54, 1.807) is 6.08 Å². The Kier molecular flexibility index (Phi) is 4.08. The first-order chi connectivity index (χ1) is 9.04. The number of likely N-dealkylation sites (tertiary alicyclic amines) is 1. The Balaban J connectivity index is 1.96. The Morgan fingerprint density at radius 3 is 2.37 bits per heavy atom. The molecule has 1 fully saturated rings. The van der Waals surface area contributed by atoms with Gasteiger partial charge in [-0.2, -0.15) is 0 Å². The molecule has 0 radical (unpaired) electrons. The van der Waals surface area contributed by atoms with Gasteiger partial charge in [-0.3, -0.25) is 4.79 Å². The molecule has 2 nitrogen and oxygen atoms in total. The number of nitrogens with zero attached hydrogens (tertiary/aromatic N) is 1. The van der Waals surface area contributed by atoms with Crippen molar-refractivity contribution in [1.29, 1.82) is 0 Å². The Labute approximate surface area is 116 Å². The minimum atomic E-state index is -0.445. The van der Waals surface area contributed by atoms with Crippen LogP contribution in [0.2, 0.25) is 0 Å². The Bertz CT molecular complexity index is 442.